The molecule has 1 fully saturated rings. The first-order chi connectivity index (χ1) is 8.74. The summed E-state index contributed by atoms with van der Waals surface area (Å²) in [5.41, 5.74) is 0. The van der Waals surface area contributed by atoms with Crippen LogP contribution in [0.25, 0.3) is 0 Å². The molecular weight excluding hydrogens is 347 g/mol. The van der Waals surface area contributed by atoms with Crippen molar-refractivity contribution in [2.45, 2.75) is 13.0 Å². The van der Waals surface area contributed by atoms with Gasteiger partial charge in [0.05, 0.1) is 16.8 Å². The van der Waals surface area contributed by atoms with Crippen molar-refractivity contribution < 1.29 is 9.53 Å². The zero-order valence-corrected chi connectivity index (χ0v) is 12.3. The van der Waals surface area contributed by atoms with Gasteiger partial charge in [-0.1, -0.05) is 0 Å². The second-order valence-electron chi connectivity index (χ2n) is 3.87. The number of ether oxygens (including phenoxy) is 1. The standard InChI is InChI=1S/C11H15IN4O2/c1-2-14-11(17)9-6-18-4-3-16(9)10-8(12)5-13-7-15-10/h5,7,9H,2-4,6H2,1H3,(H,14,17). The topological polar surface area (TPSA) is 67.3 Å². The van der Waals surface area contributed by atoms with E-state index < -0.39 is 0 Å². The van der Waals surface area contributed by atoms with Crippen LogP contribution >= 0.6 is 22.6 Å². The van der Waals surface area contributed by atoms with Crippen LogP contribution in [0.15, 0.2) is 12.5 Å². The third kappa shape index (κ3) is 2.89. The number of halogens is 1. The number of anilines is 1. The summed E-state index contributed by atoms with van der Waals surface area (Å²) in [5, 5.41) is 2.83. The van der Waals surface area contributed by atoms with Gasteiger partial charge in [0.1, 0.15) is 18.2 Å². The lowest BCUT2D eigenvalue weighted by atomic mass is 10.2. The fourth-order valence-corrected chi connectivity index (χ4v) is 2.49. The molecule has 98 valence electrons. The number of nitrogens with zero attached hydrogens (tertiary/aromatic N) is 3. The number of amides is 1. The van der Waals surface area contributed by atoms with Gasteiger partial charge < -0.3 is 15.0 Å². The summed E-state index contributed by atoms with van der Waals surface area (Å²) in [6.07, 6.45) is 3.24. The van der Waals surface area contributed by atoms with Gasteiger partial charge in [-0.15, -0.1) is 0 Å². The first-order valence-corrected chi connectivity index (χ1v) is 6.89. The molecule has 1 amide bonds. The van der Waals surface area contributed by atoms with Crippen molar-refractivity contribution in [3.63, 3.8) is 0 Å². The molecule has 1 aromatic rings. The smallest absolute Gasteiger partial charge is 0.245 e. The Balaban J connectivity index is 2.23. The SMILES string of the molecule is CCNC(=O)C1COCCN1c1ncncc1I. The number of carbonyl (C=O) groups is 1. The van der Waals surface area contributed by atoms with Crippen LogP contribution in [0.2, 0.25) is 0 Å². The molecule has 1 aliphatic heterocycles. The van der Waals surface area contributed by atoms with Gasteiger partial charge in [-0.25, -0.2) is 9.97 Å². The number of hydrogen-bond acceptors (Lipinski definition) is 5. The van der Waals surface area contributed by atoms with Crippen LogP contribution in [0.1, 0.15) is 6.92 Å². The molecule has 0 bridgehead atoms. The van der Waals surface area contributed by atoms with Gasteiger partial charge >= 0.3 is 0 Å². The maximum atomic E-state index is 12.0. The zero-order valence-electron chi connectivity index (χ0n) is 10.1. The van der Waals surface area contributed by atoms with E-state index >= 15 is 0 Å². The molecule has 1 atom stereocenters. The minimum atomic E-state index is -0.317. The molecule has 2 heterocycles. The molecule has 1 N–H and O–H groups in total. The molecule has 1 aromatic heterocycles. The van der Waals surface area contributed by atoms with Crippen LogP contribution in [0, 0.1) is 3.57 Å². The van der Waals surface area contributed by atoms with Crippen LogP contribution in [0.4, 0.5) is 5.82 Å². The van der Waals surface area contributed by atoms with Crippen molar-refractivity contribution in [2.24, 2.45) is 0 Å². The predicted molar refractivity (Wildman–Crippen MR) is 75.4 cm³/mol. The second kappa shape index (κ2) is 6.28. The van der Waals surface area contributed by atoms with Crippen LogP contribution in [-0.2, 0) is 9.53 Å². The second-order valence-corrected chi connectivity index (χ2v) is 5.04. The maximum Gasteiger partial charge on any atom is 0.245 e. The number of likely N-dealkylation sites (N-methyl/N-ethyl adjacent to an activating group) is 1. The molecule has 0 aromatic carbocycles. The average molecular weight is 362 g/mol. The molecule has 6 nitrogen and oxygen atoms in total. The largest absolute Gasteiger partial charge is 0.377 e. The van der Waals surface area contributed by atoms with Gasteiger partial charge in [0.2, 0.25) is 5.91 Å². The lowest BCUT2D eigenvalue weighted by molar-refractivity contribution is -0.124. The van der Waals surface area contributed by atoms with E-state index in [1.807, 2.05) is 11.8 Å². The summed E-state index contributed by atoms with van der Waals surface area (Å²) in [4.78, 5) is 22.2. The van der Waals surface area contributed by atoms with Crippen LogP contribution in [0.5, 0.6) is 0 Å². The molecule has 0 spiro atoms. The Morgan fingerprint density at radius 3 is 3.28 bits per heavy atom. The summed E-state index contributed by atoms with van der Waals surface area (Å²) in [6, 6.07) is -0.317. The predicted octanol–water partition coefficient (Wildman–Crippen LogP) is 0.422. The molecule has 1 unspecified atom stereocenters. The third-order valence-corrected chi connectivity index (χ3v) is 3.46. The average Bonchev–Trinajstić information content (AvgIpc) is 2.40. The van der Waals surface area contributed by atoms with Gasteiger partial charge in [0, 0.05) is 19.3 Å². The first-order valence-electron chi connectivity index (χ1n) is 5.81. The Bertz CT molecular complexity index is 429. The molecule has 0 saturated carbocycles. The lowest BCUT2D eigenvalue weighted by Gasteiger charge is -2.35. The zero-order chi connectivity index (χ0) is 13.0. The Hall–Kier alpha value is -0.960. The Labute approximate surface area is 119 Å². The van der Waals surface area contributed by atoms with E-state index in [1.54, 1.807) is 6.20 Å². The summed E-state index contributed by atoms with van der Waals surface area (Å²) in [6.45, 7) is 4.18. The van der Waals surface area contributed by atoms with E-state index in [0.717, 1.165) is 9.39 Å². The molecule has 1 aliphatic rings. The minimum Gasteiger partial charge on any atom is -0.377 e. The molecule has 1 saturated heterocycles. The Morgan fingerprint density at radius 2 is 2.56 bits per heavy atom. The summed E-state index contributed by atoms with van der Waals surface area (Å²) in [5.74, 6) is 0.775. The molecular formula is C11H15IN4O2. The molecule has 2 rings (SSSR count). The number of rotatable bonds is 3. The van der Waals surface area contributed by atoms with Crippen molar-refractivity contribution in [1.82, 2.24) is 15.3 Å². The van der Waals surface area contributed by atoms with Crippen molar-refractivity contribution >= 4 is 34.3 Å². The number of carbonyl (C=O) groups excluding carboxylic acids is 1. The van der Waals surface area contributed by atoms with Crippen molar-refractivity contribution in [1.29, 1.82) is 0 Å². The van der Waals surface area contributed by atoms with E-state index in [2.05, 4.69) is 37.9 Å². The highest BCUT2D eigenvalue weighted by Crippen LogP contribution is 2.22. The van der Waals surface area contributed by atoms with Gasteiger partial charge in [0.25, 0.3) is 0 Å². The molecule has 18 heavy (non-hydrogen) atoms. The highest BCUT2D eigenvalue weighted by Gasteiger charge is 2.31. The van der Waals surface area contributed by atoms with E-state index in [0.29, 0.717) is 26.3 Å². The van der Waals surface area contributed by atoms with Crippen LogP contribution in [0.3, 0.4) is 0 Å². The monoisotopic (exact) mass is 362 g/mol. The molecule has 0 aliphatic carbocycles. The van der Waals surface area contributed by atoms with E-state index in [1.165, 1.54) is 6.33 Å². The number of aromatic nitrogens is 2. The van der Waals surface area contributed by atoms with Crippen molar-refractivity contribution in [2.75, 3.05) is 31.2 Å². The Kier molecular flexibility index (Phi) is 4.70. The lowest BCUT2D eigenvalue weighted by Crippen LogP contribution is -2.54. The fourth-order valence-electron chi connectivity index (χ4n) is 1.88. The van der Waals surface area contributed by atoms with Crippen molar-refractivity contribution in [3.05, 3.63) is 16.1 Å². The summed E-state index contributed by atoms with van der Waals surface area (Å²) in [7, 11) is 0. The van der Waals surface area contributed by atoms with Gasteiger partial charge in [-0.3, -0.25) is 4.79 Å². The maximum absolute atomic E-state index is 12.0. The van der Waals surface area contributed by atoms with E-state index in [4.69, 9.17) is 4.74 Å². The van der Waals surface area contributed by atoms with Gasteiger partial charge in [-0.05, 0) is 29.5 Å². The van der Waals surface area contributed by atoms with Crippen LogP contribution < -0.4 is 10.2 Å². The minimum absolute atomic E-state index is 0.0217. The number of hydrogen-bond donors (Lipinski definition) is 1. The van der Waals surface area contributed by atoms with Gasteiger partial charge in [0.15, 0.2) is 0 Å². The normalized spacial score (nSPS) is 19.7. The molecule has 0 radical (unpaired) electrons. The first kappa shape index (κ1) is 13.5. The molecule has 7 heteroatoms. The van der Waals surface area contributed by atoms with Gasteiger partial charge in [-0.2, -0.15) is 0 Å². The van der Waals surface area contributed by atoms with E-state index in [-0.39, 0.29) is 11.9 Å². The highest BCUT2D eigenvalue weighted by molar-refractivity contribution is 14.1. The quantitative estimate of drug-likeness (QED) is 0.790. The van der Waals surface area contributed by atoms with Crippen molar-refractivity contribution in [3.8, 4) is 0 Å². The number of nitrogens with one attached hydrogen (secondary N) is 1. The summed E-state index contributed by atoms with van der Waals surface area (Å²) < 4.78 is 6.33. The Morgan fingerprint density at radius 1 is 1.72 bits per heavy atom. The number of morpholine rings is 1. The fraction of sp³-hybridized carbons (Fsp3) is 0.545. The third-order valence-electron chi connectivity index (χ3n) is 2.70. The highest BCUT2D eigenvalue weighted by atomic mass is 127. The van der Waals surface area contributed by atoms with E-state index in [9.17, 15) is 4.79 Å². The summed E-state index contributed by atoms with van der Waals surface area (Å²) >= 11 is 2.18. The van der Waals surface area contributed by atoms with Crippen LogP contribution in [-0.4, -0.2) is 48.2 Å².